The highest BCUT2D eigenvalue weighted by molar-refractivity contribution is 9.10. The van der Waals surface area contributed by atoms with Crippen molar-refractivity contribution in [1.29, 1.82) is 0 Å². The zero-order valence-electron chi connectivity index (χ0n) is 14.6. The van der Waals surface area contributed by atoms with Gasteiger partial charge in [0.25, 0.3) is 5.91 Å². The molecule has 0 unspecified atom stereocenters. The number of hydrogen-bond donors (Lipinski definition) is 2. The summed E-state index contributed by atoms with van der Waals surface area (Å²) in [4.78, 5) is 11.8. The lowest BCUT2D eigenvalue weighted by molar-refractivity contribution is -0.119. The number of nitrogens with zero attached hydrogens (tertiary/aromatic N) is 1. The van der Waals surface area contributed by atoms with Gasteiger partial charge in [0.1, 0.15) is 0 Å². The molecule has 10 heteroatoms. The summed E-state index contributed by atoms with van der Waals surface area (Å²) >= 11 is 3.35. The molecule has 0 atom stereocenters. The van der Waals surface area contributed by atoms with E-state index in [1.54, 1.807) is 6.07 Å². The Morgan fingerprint density at radius 2 is 1.85 bits per heavy atom. The number of halogens is 1. The minimum atomic E-state index is -3.90. The Bertz CT molecular complexity index is 947. The van der Waals surface area contributed by atoms with E-state index < -0.39 is 22.5 Å². The van der Waals surface area contributed by atoms with Crippen molar-refractivity contribution in [3.8, 4) is 11.5 Å². The smallest absolute Gasteiger partial charge is 0.255 e. The number of sulfonamides is 1. The number of benzene rings is 2. The number of rotatable bonds is 8. The van der Waals surface area contributed by atoms with Gasteiger partial charge in [-0.05, 0) is 18.2 Å². The Hall–Kier alpha value is -2.43. The third-order valence-corrected chi connectivity index (χ3v) is 5.51. The molecule has 2 aromatic rings. The summed E-state index contributed by atoms with van der Waals surface area (Å²) in [5.74, 6) is 0.0563. The molecule has 0 aromatic heterocycles. The Balaban J connectivity index is 1.96. The monoisotopic (exact) mass is 455 g/mol. The molecule has 27 heavy (non-hydrogen) atoms. The number of methoxy groups -OCH3 is 2. The number of nitrogens with one attached hydrogen (secondary N) is 2. The van der Waals surface area contributed by atoms with Crippen molar-refractivity contribution in [2.24, 2.45) is 5.10 Å². The molecule has 1 amide bonds. The maximum absolute atomic E-state index is 12.3. The molecule has 0 saturated carbocycles. The molecule has 0 spiro atoms. The zero-order valence-corrected chi connectivity index (χ0v) is 17.0. The van der Waals surface area contributed by atoms with E-state index in [9.17, 15) is 13.2 Å². The second kappa shape index (κ2) is 9.49. The Morgan fingerprint density at radius 3 is 2.52 bits per heavy atom. The summed E-state index contributed by atoms with van der Waals surface area (Å²) in [5.41, 5.74) is 3.03. The molecule has 2 aromatic carbocycles. The maximum Gasteiger partial charge on any atom is 0.255 e. The van der Waals surface area contributed by atoms with Crippen LogP contribution in [0.2, 0.25) is 0 Å². The number of carbonyl (C=O) groups excluding carboxylic acids is 1. The van der Waals surface area contributed by atoms with Crippen LogP contribution in [0.25, 0.3) is 0 Å². The summed E-state index contributed by atoms with van der Waals surface area (Å²) in [6, 6.07) is 11.4. The van der Waals surface area contributed by atoms with Gasteiger partial charge >= 0.3 is 0 Å². The van der Waals surface area contributed by atoms with Crippen LogP contribution in [-0.4, -0.2) is 41.3 Å². The minimum Gasteiger partial charge on any atom is -0.493 e. The van der Waals surface area contributed by atoms with Gasteiger partial charge in [0.05, 0.1) is 31.9 Å². The molecule has 144 valence electrons. The van der Waals surface area contributed by atoms with E-state index >= 15 is 0 Å². The largest absolute Gasteiger partial charge is 0.493 e. The Labute approximate surface area is 165 Å². The van der Waals surface area contributed by atoms with Crippen LogP contribution in [0, 0.1) is 0 Å². The van der Waals surface area contributed by atoms with Crippen molar-refractivity contribution in [3.05, 3.63) is 52.5 Å². The lowest BCUT2D eigenvalue weighted by Crippen LogP contribution is -2.34. The van der Waals surface area contributed by atoms with Gasteiger partial charge in [0.2, 0.25) is 10.0 Å². The number of carbonyl (C=O) groups is 1. The first kappa shape index (κ1) is 20.9. The molecule has 0 heterocycles. The van der Waals surface area contributed by atoms with E-state index in [1.165, 1.54) is 38.6 Å². The molecule has 8 nitrogen and oxygen atoms in total. The van der Waals surface area contributed by atoms with E-state index in [2.05, 4.69) is 31.2 Å². The van der Waals surface area contributed by atoms with Crippen LogP contribution < -0.4 is 19.6 Å². The van der Waals surface area contributed by atoms with E-state index in [0.29, 0.717) is 5.75 Å². The SMILES string of the molecule is COc1ccc(S(=O)(=O)NCC(=O)N/N=C\c2ccccc2Br)cc1OC. The predicted molar refractivity (Wildman–Crippen MR) is 105 cm³/mol. The number of amides is 1. The Morgan fingerprint density at radius 1 is 1.15 bits per heavy atom. The molecule has 2 N–H and O–H groups in total. The summed E-state index contributed by atoms with van der Waals surface area (Å²) in [6.07, 6.45) is 1.45. The third-order valence-electron chi connectivity index (χ3n) is 3.39. The molecule has 0 fully saturated rings. The lowest BCUT2D eigenvalue weighted by atomic mass is 10.2. The van der Waals surface area contributed by atoms with E-state index in [1.807, 2.05) is 18.2 Å². The number of ether oxygens (including phenoxy) is 2. The third kappa shape index (κ3) is 5.78. The summed E-state index contributed by atoms with van der Waals surface area (Å²) < 4.78 is 37.8. The first-order chi connectivity index (χ1) is 12.9. The van der Waals surface area contributed by atoms with Crippen LogP contribution in [0.3, 0.4) is 0 Å². The van der Waals surface area contributed by atoms with Crippen molar-refractivity contribution < 1.29 is 22.7 Å². The molecular weight excluding hydrogens is 438 g/mol. The van der Waals surface area contributed by atoms with Gasteiger partial charge in [-0.3, -0.25) is 4.79 Å². The van der Waals surface area contributed by atoms with Gasteiger partial charge in [0.15, 0.2) is 11.5 Å². The summed E-state index contributed by atoms with van der Waals surface area (Å²) in [7, 11) is -1.05. The molecule has 0 radical (unpaired) electrons. The average molecular weight is 456 g/mol. The fourth-order valence-electron chi connectivity index (χ4n) is 2.02. The molecule has 0 aliphatic heterocycles. The molecule has 0 aliphatic carbocycles. The van der Waals surface area contributed by atoms with Crippen LogP contribution >= 0.6 is 15.9 Å². The van der Waals surface area contributed by atoms with Crippen LogP contribution in [-0.2, 0) is 14.8 Å². The quantitative estimate of drug-likeness (QED) is 0.466. The highest BCUT2D eigenvalue weighted by Gasteiger charge is 2.18. The standard InChI is InChI=1S/C17H18BrN3O5S/c1-25-15-8-7-13(9-16(15)26-2)27(23,24)20-11-17(22)21-19-10-12-5-3-4-6-14(12)18/h3-10,20H,11H2,1-2H3,(H,21,22)/b19-10-. The van der Waals surface area contributed by atoms with E-state index in [-0.39, 0.29) is 10.6 Å². The highest BCUT2D eigenvalue weighted by Crippen LogP contribution is 2.29. The van der Waals surface area contributed by atoms with Crippen LogP contribution in [0.5, 0.6) is 11.5 Å². The first-order valence-electron chi connectivity index (χ1n) is 7.65. The molecule has 2 rings (SSSR count). The van der Waals surface area contributed by atoms with Gasteiger partial charge in [-0.15, -0.1) is 0 Å². The molecule has 0 saturated heterocycles. The fraction of sp³-hybridized carbons (Fsp3) is 0.176. The zero-order chi connectivity index (χ0) is 19.9. The van der Waals surface area contributed by atoms with Crippen molar-refractivity contribution in [2.45, 2.75) is 4.90 Å². The van der Waals surface area contributed by atoms with Crippen molar-refractivity contribution >= 4 is 38.1 Å². The van der Waals surface area contributed by atoms with Gasteiger partial charge in [-0.25, -0.2) is 18.6 Å². The average Bonchev–Trinajstić information content (AvgIpc) is 2.67. The maximum atomic E-state index is 12.3. The van der Waals surface area contributed by atoms with Gasteiger partial charge in [0, 0.05) is 16.1 Å². The second-order valence-electron chi connectivity index (χ2n) is 5.16. The van der Waals surface area contributed by atoms with Crippen LogP contribution in [0.1, 0.15) is 5.56 Å². The van der Waals surface area contributed by atoms with Crippen LogP contribution in [0.4, 0.5) is 0 Å². The summed E-state index contributed by atoms with van der Waals surface area (Å²) in [6.45, 7) is -0.468. The van der Waals surface area contributed by atoms with E-state index in [0.717, 1.165) is 10.0 Å². The molecular formula is C17H18BrN3O5S. The van der Waals surface area contributed by atoms with Crippen LogP contribution in [0.15, 0.2) is 56.9 Å². The van der Waals surface area contributed by atoms with Gasteiger partial charge < -0.3 is 9.47 Å². The normalized spacial score (nSPS) is 11.4. The highest BCUT2D eigenvalue weighted by atomic mass is 79.9. The number of hydrogen-bond acceptors (Lipinski definition) is 6. The van der Waals surface area contributed by atoms with Crippen molar-refractivity contribution in [1.82, 2.24) is 10.1 Å². The molecule has 0 aliphatic rings. The minimum absolute atomic E-state index is 0.0512. The molecule has 0 bridgehead atoms. The predicted octanol–water partition coefficient (Wildman–Crippen LogP) is 1.89. The Kier molecular flexibility index (Phi) is 7.34. The van der Waals surface area contributed by atoms with Gasteiger partial charge in [-0.2, -0.15) is 5.10 Å². The number of hydrazone groups is 1. The van der Waals surface area contributed by atoms with Crippen molar-refractivity contribution in [3.63, 3.8) is 0 Å². The van der Waals surface area contributed by atoms with E-state index in [4.69, 9.17) is 9.47 Å². The second-order valence-corrected chi connectivity index (χ2v) is 7.78. The summed E-state index contributed by atoms with van der Waals surface area (Å²) in [5, 5.41) is 3.80. The van der Waals surface area contributed by atoms with Crippen molar-refractivity contribution in [2.75, 3.05) is 20.8 Å². The topological polar surface area (TPSA) is 106 Å². The van der Waals surface area contributed by atoms with Gasteiger partial charge in [-0.1, -0.05) is 34.1 Å². The first-order valence-corrected chi connectivity index (χ1v) is 9.93. The fourth-order valence-corrected chi connectivity index (χ4v) is 3.41. The lowest BCUT2D eigenvalue weighted by Gasteiger charge is -2.10.